The molecule has 1 heterocycles. The Labute approximate surface area is 176 Å². The van der Waals surface area contributed by atoms with Crippen molar-refractivity contribution in [3.8, 4) is 0 Å². The molecule has 0 spiro atoms. The number of amides is 1. The van der Waals surface area contributed by atoms with E-state index in [1.165, 1.54) is 0 Å². The van der Waals surface area contributed by atoms with Crippen LogP contribution >= 0.6 is 23.2 Å². The number of aromatic nitrogens is 2. The first-order chi connectivity index (χ1) is 13.7. The molecule has 0 atom stereocenters. The number of carbonyl (C=O) groups is 1. The summed E-state index contributed by atoms with van der Waals surface area (Å²) in [6.45, 7) is 0.244. The third-order valence-electron chi connectivity index (χ3n) is 4.86. The molecule has 1 aliphatic carbocycles. The van der Waals surface area contributed by atoms with Crippen LogP contribution in [-0.4, -0.2) is 39.1 Å². The molecular weight excluding hydrogens is 425 g/mol. The van der Waals surface area contributed by atoms with Gasteiger partial charge in [-0.25, -0.2) is 18.7 Å². The van der Waals surface area contributed by atoms with E-state index in [9.17, 15) is 18.7 Å². The van der Waals surface area contributed by atoms with Crippen LogP contribution in [0.25, 0.3) is 0 Å². The van der Waals surface area contributed by atoms with Crippen LogP contribution < -0.4 is 10.6 Å². The molecule has 3 N–H and O–H groups in total. The Balaban J connectivity index is 1.61. The second-order valence-corrected chi connectivity index (χ2v) is 7.87. The summed E-state index contributed by atoms with van der Waals surface area (Å²) in [5, 5.41) is 16.5. The van der Waals surface area contributed by atoms with Gasteiger partial charge in [-0.05, 0) is 48.7 Å². The Morgan fingerprint density at radius 3 is 2.59 bits per heavy atom. The first kappa shape index (κ1) is 21.7. The largest absolute Gasteiger partial charge is 0.388 e. The third-order valence-corrected chi connectivity index (χ3v) is 5.37. The van der Waals surface area contributed by atoms with E-state index in [1.807, 2.05) is 0 Å². The molecule has 0 bridgehead atoms. The predicted octanol–water partition coefficient (Wildman–Crippen LogP) is 4.07. The van der Waals surface area contributed by atoms with Gasteiger partial charge in [-0.3, -0.25) is 4.79 Å². The van der Waals surface area contributed by atoms with Crippen molar-refractivity contribution >= 4 is 34.8 Å². The number of hydrogen-bond acceptors (Lipinski definition) is 5. The van der Waals surface area contributed by atoms with Crippen molar-refractivity contribution in [3.63, 3.8) is 0 Å². The molecular formula is C19H20Cl2F2N4O2. The summed E-state index contributed by atoms with van der Waals surface area (Å²) in [5.74, 6) is -3.25. The van der Waals surface area contributed by atoms with Crippen LogP contribution in [0.15, 0.2) is 30.5 Å². The molecule has 0 saturated heterocycles. The van der Waals surface area contributed by atoms with Crippen LogP contribution in [0.2, 0.25) is 10.3 Å². The van der Waals surface area contributed by atoms with Crippen molar-refractivity contribution in [3.05, 3.63) is 52.0 Å². The Morgan fingerprint density at radius 1 is 1.17 bits per heavy atom. The van der Waals surface area contributed by atoms with E-state index in [0.29, 0.717) is 17.9 Å². The minimum atomic E-state index is -2.76. The van der Waals surface area contributed by atoms with Gasteiger partial charge in [0, 0.05) is 31.3 Å². The quantitative estimate of drug-likeness (QED) is 0.584. The lowest BCUT2D eigenvalue weighted by molar-refractivity contribution is -0.101. The van der Waals surface area contributed by atoms with E-state index in [1.54, 1.807) is 30.5 Å². The van der Waals surface area contributed by atoms with Gasteiger partial charge >= 0.3 is 0 Å². The fraction of sp³-hybridized carbons (Fsp3) is 0.421. The summed E-state index contributed by atoms with van der Waals surface area (Å²) in [6.07, 6.45) is 0.603. The number of aliphatic hydroxyl groups is 1. The lowest BCUT2D eigenvalue weighted by Crippen LogP contribution is -2.47. The standard InChI is InChI=1S/C19H20Cl2F2N4O2/c20-15-2-1-12(25-10-13-3-8-24-17(21)27-13)9-14(15)16(28)26-11-18(29)4-6-19(22,23)7-5-18/h1-3,8-9,25,29H,4-7,10-11H2,(H,26,28). The zero-order valence-corrected chi connectivity index (χ0v) is 16.9. The Bertz CT molecular complexity index is 888. The van der Waals surface area contributed by atoms with Crippen molar-refractivity contribution in [2.75, 3.05) is 11.9 Å². The molecule has 10 heteroatoms. The molecule has 1 aromatic carbocycles. The van der Waals surface area contributed by atoms with Gasteiger partial charge in [0.15, 0.2) is 0 Å². The smallest absolute Gasteiger partial charge is 0.252 e. The number of rotatable bonds is 6. The SMILES string of the molecule is O=C(NCC1(O)CCC(F)(F)CC1)c1cc(NCc2ccnc(Cl)n2)ccc1Cl. The van der Waals surface area contributed by atoms with Crippen LogP contribution in [-0.2, 0) is 6.54 Å². The van der Waals surface area contributed by atoms with Gasteiger partial charge in [0.25, 0.3) is 5.91 Å². The maximum Gasteiger partial charge on any atom is 0.252 e. The van der Waals surface area contributed by atoms with Crippen LogP contribution in [0.4, 0.5) is 14.5 Å². The summed E-state index contributed by atoms with van der Waals surface area (Å²) in [5.41, 5.74) is 0.168. The van der Waals surface area contributed by atoms with Gasteiger partial charge in [-0.15, -0.1) is 0 Å². The van der Waals surface area contributed by atoms with Gasteiger partial charge in [-0.2, -0.15) is 0 Å². The first-order valence-electron chi connectivity index (χ1n) is 9.05. The second-order valence-electron chi connectivity index (χ2n) is 7.13. The van der Waals surface area contributed by atoms with E-state index < -0.39 is 30.3 Å². The number of nitrogens with zero attached hydrogens (tertiary/aromatic N) is 2. The average Bonchev–Trinajstić information content (AvgIpc) is 2.68. The zero-order chi connectivity index (χ0) is 21.1. The summed E-state index contributed by atoms with van der Waals surface area (Å²) >= 11 is 11.9. The number of halogens is 4. The highest BCUT2D eigenvalue weighted by atomic mass is 35.5. The van der Waals surface area contributed by atoms with Crippen LogP contribution in [0.3, 0.4) is 0 Å². The molecule has 3 rings (SSSR count). The highest BCUT2D eigenvalue weighted by molar-refractivity contribution is 6.34. The van der Waals surface area contributed by atoms with Crippen molar-refractivity contribution in [1.82, 2.24) is 15.3 Å². The van der Waals surface area contributed by atoms with Crippen LogP contribution in [0.5, 0.6) is 0 Å². The van der Waals surface area contributed by atoms with Crippen LogP contribution in [0.1, 0.15) is 41.7 Å². The maximum atomic E-state index is 13.3. The first-order valence-corrected chi connectivity index (χ1v) is 9.81. The third kappa shape index (κ3) is 5.98. The van der Waals surface area contributed by atoms with Gasteiger partial charge < -0.3 is 15.7 Å². The minimum absolute atomic E-state index is 0.0723. The van der Waals surface area contributed by atoms with E-state index in [0.717, 1.165) is 0 Å². The summed E-state index contributed by atoms with van der Waals surface area (Å²) in [4.78, 5) is 20.4. The molecule has 0 radical (unpaired) electrons. The molecule has 1 aliphatic rings. The Morgan fingerprint density at radius 2 is 1.90 bits per heavy atom. The molecule has 1 fully saturated rings. The highest BCUT2D eigenvalue weighted by Gasteiger charge is 2.42. The summed E-state index contributed by atoms with van der Waals surface area (Å²) in [7, 11) is 0. The fourth-order valence-electron chi connectivity index (χ4n) is 3.07. The van der Waals surface area contributed by atoms with Crippen molar-refractivity contribution in [1.29, 1.82) is 0 Å². The predicted molar refractivity (Wildman–Crippen MR) is 107 cm³/mol. The Hall–Kier alpha value is -2.03. The molecule has 156 valence electrons. The van der Waals surface area contributed by atoms with Gasteiger partial charge in [0.1, 0.15) is 0 Å². The molecule has 29 heavy (non-hydrogen) atoms. The van der Waals surface area contributed by atoms with Gasteiger partial charge in [0.2, 0.25) is 11.2 Å². The van der Waals surface area contributed by atoms with Crippen molar-refractivity contribution in [2.24, 2.45) is 0 Å². The van der Waals surface area contributed by atoms with Gasteiger partial charge in [-0.1, -0.05) is 11.6 Å². The number of hydrogen-bond donors (Lipinski definition) is 3. The number of carbonyl (C=O) groups excluding carboxylic acids is 1. The molecule has 1 aromatic heterocycles. The number of benzene rings is 1. The van der Waals surface area contributed by atoms with Crippen LogP contribution in [0, 0.1) is 0 Å². The molecule has 1 saturated carbocycles. The van der Waals surface area contributed by atoms with Crippen molar-refractivity contribution < 1.29 is 18.7 Å². The zero-order valence-electron chi connectivity index (χ0n) is 15.4. The maximum absolute atomic E-state index is 13.3. The van der Waals surface area contributed by atoms with E-state index in [4.69, 9.17) is 23.2 Å². The lowest BCUT2D eigenvalue weighted by Gasteiger charge is -2.35. The molecule has 1 amide bonds. The van der Waals surface area contributed by atoms with Gasteiger partial charge in [0.05, 0.1) is 28.4 Å². The molecule has 0 aliphatic heterocycles. The normalized spacial score (nSPS) is 17.6. The molecule has 6 nitrogen and oxygen atoms in total. The molecule has 0 unspecified atom stereocenters. The molecule has 2 aromatic rings. The Kier molecular flexibility index (Phi) is 6.55. The van der Waals surface area contributed by atoms with Crippen molar-refractivity contribution in [2.45, 2.75) is 43.8 Å². The highest BCUT2D eigenvalue weighted by Crippen LogP contribution is 2.38. The number of alkyl halides is 2. The lowest BCUT2D eigenvalue weighted by atomic mass is 9.82. The minimum Gasteiger partial charge on any atom is -0.388 e. The average molecular weight is 445 g/mol. The fourth-order valence-corrected chi connectivity index (χ4v) is 3.44. The monoisotopic (exact) mass is 444 g/mol. The summed E-state index contributed by atoms with van der Waals surface area (Å²) in [6, 6.07) is 6.55. The summed E-state index contributed by atoms with van der Waals surface area (Å²) < 4.78 is 26.6. The topological polar surface area (TPSA) is 87.1 Å². The number of nitrogens with one attached hydrogen (secondary N) is 2. The second kappa shape index (κ2) is 8.77. The number of anilines is 1. The van der Waals surface area contributed by atoms with E-state index in [-0.39, 0.29) is 35.3 Å². The van der Waals surface area contributed by atoms with E-state index in [2.05, 4.69) is 20.6 Å². The van der Waals surface area contributed by atoms with E-state index >= 15 is 0 Å².